The predicted octanol–water partition coefficient (Wildman–Crippen LogP) is 2.75. The molecule has 0 radical (unpaired) electrons. The van der Waals surface area contributed by atoms with E-state index in [1.165, 1.54) is 11.1 Å². The summed E-state index contributed by atoms with van der Waals surface area (Å²) >= 11 is 0. The van der Waals surface area contributed by atoms with E-state index < -0.39 is 6.17 Å². The average molecular weight is 439 g/mol. The number of pyridine rings is 1. The van der Waals surface area contributed by atoms with Gasteiger partial charge in [0.1, 0.15) is 12.0 Å². The van der Waals surface area contributed by atoms with Crippen LogP contribution in [0.25, 0.3) is 0 Å². The van der Waals surface area contributed by atoms with Crippen LogP contribution >= 0.6 is 0 Å². The van der Waals surface area contributed by atoms with E-state index in [1.54, 1.807) is 18.3 Å². The van der Waals surface area contributed by atoms with E-state index in [1.807, 2.05) is 4.90 Å². The van der Waals surface area contributed by atoms with E-state index in [-0.39, 0.29) is 5.91 Å². The molecule has 2 fully saturated rings. The van der Waals surface area contributed by atoms with Crippen molar-refractivity contribution in [1.29, 1.82) is 0 Å². The molecule has 1 aromatic carbocycles. The number of hydrogen-bond acceptors (Lipinski definition) is 5. The minimum atomic E-state index is -0.791. The fourth-order valence-electron chi connectivity index (χ4n) is 5.00. The summed E-state index contributed by atoms with van der Waals surface area (Å²) in [6.45, 7) is 5.43. The van der Waals surface area contributed by atoms with Gasteiger partial charge in [0.05, 0.1) is 18.7 Å². The van der Waals surface area contributed by atoms with Gasteiger partial charge < -0.3 is 15.0 Å². The van der Waals surface area contributed by atoms with E-state index in [2.05, 4.69) is 33.4 Å². The number of anilines is 1. The molecule has 0 aliphatic carbocycles. The summed E-state index contributed by atoms with van der Waals surface area (Å²) in [6, 6.07) is 10.7. The molecule has 3 aliphatic heterocycles. The second-order valence-electron chi connectivity index (χ2n) is 9.08. The maximum atomic E-state index is 13.4. The molecule has 170 valence electrons. The van der Waals surface area contributed by atoms with Crippen molar-refractivity contribution in [2.45, 2.75) is 44.4 Å². The maximum absolute atomic E-state index is 13.4. The molecule has 1 amide bonds. The lowest BCUT2D eigenvalue weighted by molar-refractivity contribution is 0.0950. The van der Waals surface area contributed by atoms with Gasteiger partial charge in [0.25, 0.3) is 5.91 Å². The number of rotatable bonds is 5. The number of aromatic nitrogens is 1. The number of carbonyl (C=O) groups is 1. The molecule has 6 nitrogen and oxygen atoms in total. The third-order valence-electron chi connectivity index (χ3n) is 6.95. The van der Waals surface area contributed by atoms with E-state index in [4.69, 9.17) is 4.74 Å². The second-order valence-corrected chi connectivity index (χ2v) is 9.08. The maximum Gasteiger partial charge on any atom is 0.253 e. The van der Waals surface area contributed by atoms with Crippen molar-refractivity contribution in [3.8, 4) is 0 Å². The van der Waals surface area contributed by atoms with Crippen LogP contribution in [0, 0.1) is 0 Å². The Morgan fingerprint density at radius 2 is 2.00 bits per heavy atom. The van der Waals surface area contributed by atoms with Gasteiger partial charge in [-0.15, -0.1) is 0 Å². The molecule has 0 bridgehead atoms. The van der Waals surface area contributed by atoms with Crippen molar-refractivity contribution in [3.05, 3.63) is 58.8 Å². The van der Waals surface area contributed by atoms with Crippen molar-refractivity contribution in [1.82, 2.24) is 15.2 Å². The van der Waals surface area contributed by atoms with Crippen LogP contribution in [0.5, 0.6) is 0 Å². The molecule has 32 heavy (non-hydrogen) atoms. The Morgan fingerprint density at radius 3 is 2.72 bits per heavy atom. The summed E-state index contributed by atoms with van der Waals surface area (Å²) in [7, 11) is 0. The molecule has 4 heterocycles. The van der Waals surface area contributed by atoms with Gasteiger partial charge in [0.2, 0.25) is 0 Å². The molecule has 7 heteroatoms. The zero-order valence-electron chi connectivity index (χ0n) is 18.4. The summed E-state index contributed by atoms with van der Waals surface area (Å²) in [6.07, 6.45) is 4.57. The predicted molar refractivity (Wildman–Crippen MR) is 122 cm³/mol. The highest BCUT2D eigenvalue weighted by Crippen LogP contribution is 2.22. The van der Waals surface area contributed by atoms with Crippen LogP contribution in [-0.4, -0.2) is 67.4 Å². The third kappa shape index (κ3) is 4.79. The summed E-state index contributed by atoms with van der Waals surface area (Å²) in [5, 5.41) is 3.01. The van der Waals surface area contributed by atoms with Gasteiger partial charge in [-0.25, -0.2) is 9.37 Å². The summed E-state index contributed by atoms with van der Waals surface area (Å²) in [4.78, 5) is 21.4. The third-order valence-corrected chi connectivity index (χ3v) is 6.95. The van der Waals surface area contributed by atoms with Crippen molar-refractivity contribution in [3.63, 3.8) is 0 Å². The normalized spacial score (nSPS) is 23.7. The summed E-state index contributed by atoms with van der Waals surface area (Å²) < 4.78 is 19.0. The Morgan fingerprint density at radius 1 is 1.12 bits per heavy atom. The molecule has 2 saturated heterocycles. The van der Waals surface area contributed by atoms with Gasteiger partial charge in [-0.1, -0.05) is 18.2 Å². The van der Waals surface area contributed by atoms with Crippen LogP contribution in [0.2, 0.25) is 0 Å². The number of carbonyl (C=O) groups excluding carboxylic acids is 1. The van der Waals surface area contributed by atoms with Gasteiger partial charge in [-0.05, 0) is 54.5 Å². The highest BCUT2D eigenvalue weighted by Gasteiger charge is 2.25. The quantitative estimate of drug-likeness (QED) is 0.778. The van der Waals surface area contributed by atoms with Gasteiger partial charge in [0.15, 0.2) is 0 Å². The van der Waals surface area contributed by atoms with Crippen molar-refractivity contribution >= 4 is 11.7 Å². The number of amides is 1. The molecule has 0 saturated carbocycles. The fraction of sp³-hybridized carbons (Fsp3) is 0.520. The lowest BCUT2D eigenvalue weighted by Crippen LogP contribution is -2.37. The van der Waals surface area contributed by atoms with Crippen molar-refractivity contribution in [2.75, 3.05) is 44.3 Å². The smallest absolute Gasteiger partial charge is 0.253 e. The van der Waals surface area contributed by atoms with Crippen LogP contribution in [0.15, 0.2) is 36.5 Å². The zero-order chi connectivity index (χ0) is 21.9. The van der Waals surface area contributed by atoms with E-state index >= 15 is 0 Å². The monoisotopic (exact) mass is 438 g/mol. The number of benzene rings is 1. The van der Waals surface area contributed by atoms with Crippen molar-refractivity contribution < 1.29 is 13.9 Å². The number of hydrogen-bond donors (Lipinski definition) is 1. The van der Waals surface area contributed by atoms with E-state index in [0.717, 1.165) is 56.9 Å². The van der Waals surface area contributed by atoms with Crippen LogP contribution in [0.4, 0.5) is 10.2 Å². The van der Waals surface area contributed by atoms with E-state index in [9.17, 15) is 9.18 Å². The number of nitrogens with one attached hydrogen (secondary N) is 1. The first-order valence-electron chi connectivity index (χ1n) is 11.7. The number of ether oxygens (including phenoxy) is 1. The van der Waals surface area contributed by atoms with Gasteiger partial charge in [0, 0.05) is 45.0 Å². The molecule has 1 aromatic heterocycles. The molecule has 1 unspecified atom stereocenters. The first kappa shape index (κ1) is 21.3. The molecule has 5 rings (SSSR count). The second kappa shape index (κ2) is 9.55. The van der Waals surface area contributed by atoms with E-state index in [0.29, 0.717) is 37.7 Å². The Kier molecular flexibility index (Phi) is 6.37. The molecule has 2 aromatic rings. The van der Waals surface area contributed by atoms with Crippen LogP contribution in [-0.2, 0) is 24.1 Å². The number of alkyl halides is 1. The lowest BCUT2D eigenvalue weighted by Gasteiger charge is -2.25. The minimum absolute atomic E-state index is 0.142. The molecule has 2 atom stereocenters. The van der Waals surface area contributed by atoms with Gasteiger partial charge in [-0.3, -0.25) is 9.69 Å². The van der Waals surface area contributed by atoms with Gasteiger partial charge >= 0.3 is 0 Å². The Hall–Kier alpha value is -2.51. The Labute approximate surface area is 188 Å². The molecule has 3 aliphatic rings. The highest BCUT2D eigenvalue weighted by molar-refractivity contribution is 5.94. The molecule has 1 N–H and O–H groups in total. The first-order valence-corrected chi connectivity index (χ1v) is 11.7. The lowest BCUT2D eigenvalue weighted by atomic mass is 10.00. The zero-order valence-corrected chi connectivity index (χ0v) is 18.4. The standard InChI is InChI=1S/C25H31FN4O2/c26-22-7-11-30(16-22)24-4-3-21(15-27-24)25(31)28-14-18-1-2-19-5-9-29(10-6-20(19)13-18)23-8-12-32-17-23/h1-4,13,15,22-23H,5-12,14,16-17H2,(H,28,31)/t22-,23?/m0/s1. The number of fused-ring (bicyclic) bond motifs is 1. The number of halogens is 1. The molecular weight excluding hydrogens is 407 g/mol. The Balaban J connectivity index is 1.16. The van der Waals surface area contributed by atoms with Crippen LogP contribution < -0.4 is 10.2 Å². The SMILES string of the molecule is O=C(NCc1ccc2c(c1)CCN(C1CCOC1)CC2)c1ccc(N2CC[C@H](F)C2)nc1. The highest BCUT2D eigenvalue weighted by atomic mass is 19.1. The number of nitrogens with zero attached hydrogens (tertiary/aromatic N) is 3. The van der Waals surface area contributed by atoms with Gasteiger partial charge in [-0.2, -0.15) is 0 Å². The minimum Gasteiger partial charge on any atom is -0.380 e. The average Bonchev–Trinajstić information content (AvgIpc) is 3.46. The topological polar surface area (TPSA) is 57.7 Å². The largest absolute Gasteiger partial charge is 0.380 e. The first-order chi connectivity index (χ1) is 15.7. The molecular formula is C25H31FN4O2. The summed E-state index contributed by atoms with van der Waals surface area (Å²) in [5.41, 5.74) is 4.44. The van der Waals surface area contributed by atoms with Crippen molar-refractivity contribution in [2.24, 2.45) is 0 Å². The molecule has 0 spiro atoms. The Bertz CT molecular complexity index is 945. The summed E-state index contributed by atoms with van der Waals surface area (Å²) in [5.74, 6) is 0.585. The van der Waals surface area contributed by atoms with Crippen LogP contribution in [0.1, 0.15) is 39.9 Å². The fourth-order valence-corrected chi connectivity index (χ4v) is 5.00. The van der Waals surface area contributed by atoms with Crippen LogP contribution in [0.3, 0.4) is 0 Å².